The number of hydrogen-bond donors (Lipinski definition) is 1. The fraction of sp³-hybridized carbons (Fsp3) is 0.312. The molecule has 0 fully saturated rings. The first-order valence-electron chi connectivity index (χ1n) is 7.04. The Bertz CT molecular complexity index is 719. The van der Waals surface area contributed by atoms with Crippen molar-refractivity contribution in [1.82, 2.24) is 19.7 Å². The van der Waals surface area contributed by atoms with E-state index < -0.39 is 0 Å². The Morgan fingerprint density at radius 2 is 2.19 bits per heavy atom. The molecule has 5 nitrogen and oxygen atoms in total. The molecule has 108 valence electrons. The van der Waals surface area contributed by atoms with E-state index in [1.165, 1.54) is 16.5 Å². The van der Waals surface area contributed by atoms with Crippen LogP contribution in [0.2, 0.25) is 0 Å². The number of nitrogens with one attached hydrogen (secondary N) is 1. The van der Waals surface area contributed by atoms with Gasteiger partial charge in [-0.15, -0.1) is 0 Å². The summed E-state index contributed by atoms with van der Waals surface area (Å²) in [6.07, 6.45) is 6.33. The molecule has 0 saturated heterocycles. The van der Waals surface area contributed by atoms with Crippen LogP contribution >= 0.6 is 0 Å². The van der Waals surface area contributed by atoms with Crippen LogP contribution in [0.1, 0.15) is 11.1 Å². The first-order valence-corrected chi connectivity index (χ1v) is 7.04. The predicted octanol–water partition coefficient (Wildman–Crippen LogP) is 2.10. The van der Waals surface area contributed by atoms with Gasteiger partial charge in [0.15, 0.2) is 0 Å². The zero-order valence-corrected chi connectivity index (χ0v) is 12.5. The maximum absolute atomic E-state index is 6.03. The molecule has 1 N–H and O–H groups in total. The highest BCUT2D eigenvalue weighted by Gasteiger charge is 2.11. The summed E-state index contributed by atoms with van der Waals surface area (Å²) in [6.45, 7) is 1.64. The molecule has 2 radical (unpaired) electrons. The third-order valence-corrected chi connectivity index (χ3v) is 3.60. The normalized spacial score (nSPS) is 12.1. The Balaban J connectivity index is 1.85. The summed E-state index contributed by atoms with van der Waals surface area (Å²) in [5, 5.41) is 5.41. The molecule has 0 aliphatic rings. The van der Waals surface area contributed by atoms with Crippen LogP contribution in [0, 0.1) is 7.05 Å². The third kappa shape index (κ3) is 3.31. The van der Waals surface area contributed by atoms with Crippen LogP contribution < -0.4 is 0 Å². The van der Waals surface area contributed by atoms with Crippen LogP contribution in [0.4, 0.5) is 0 Å². The average molecular weight is 282 g/mol. The summed E-state index contributed by atoms with van der Waals surface area (Å²) >= 11 is 0. The molecule has 0 atom stereocenters. The van der Waals surface area contributed by atoms with E-state index in [2.05, 4.69) is 39.5 Å². The van der Waals surface area contributed by atoms with E-state index in [4.69, 9.17) is 7.05 Å². The van der Waals surface area contributed by atoms with Crippen molar-refractivity contribution in [2.75, 3.05) is 20.6 Å². The molecule has 0 saturated carbocycles. The SMILES string of the molecule is [CH][N+](C)(C)CCc1c[nH]c2ccc(Cn3cncn3)cc12. The van der Waals surface area contributed by atoms with Crippen LogP contribution in [0.25, 0.3) is 10.9 Å². The number of aromatic amines is 1. The predicted molar refractivity (Wildman–Crippen MR) is 82.4 cm³/mol. The number of hydrogen-bond acceptors (Lipinski definition) is 2. The number of H-pyrrole nitrogens is 1. The lowest BCUT2D eigenvalue weighted by molar-refractivity contribution is -0.845. The van der Waals surface area contributed by atoms with Gasteiger partial charge in [-0.25, -0.2) is 9.67 Å². The van der Waals surface area contributed by atoms with Crippen molar-refractivity contribution in [3.05, 3.63) is 55.2 Å². The zero-order valence-electron chi connectivity index (χ0n) is 12.5. The molecule has 0 unspecified atom stereocenters. The van der Waals surface area contributed by atoms with Crippen LogP contribution in [0.15, 0.2) is 37.1 Å². The Labute approximate surface area is 124 Å². The summed E-state index contributed by atoms with van der Waals surface area (Å²) in [5.74, 6) is 0. The molecule has 0 bridgehead atoms. The standard InChI is InChI=1S/C16H20N5/c1-21(2,3)7-6-14-9-18-16-5-4-13(8-15(14)16)10-20-12-17-11-19-20/h1,4-5,8-9,11-12,18H,6-7,10H2,2-3H3/q+1. The maximum atomic E-state index is 6.03. The lowest BCUT2D eigenvalue weighted by Crippen LogP contribution is -2.33. The molecule has 0 spiro atoms. The van der Waals surface area contributed by atoms with E-state index in [0.29, 0.717) is 4.48 Å². The van der Waals surface area contributed by atoms with Gasteiger partial charge in [-0.3, -0.25) is 0 Å². The summed E-state index contributed by atoms with van der Waals surface area (Å²) in [7, 11) is 10.0. The van der Waals surface area contributed by atoms with Crippen molar-refractivity contribution in [1.29, 1.82) is 0 Å². The van der Waals surface area contributed by atoms with Gasteiger partial charge in [0.05, 0.1) is 27.2 Å². The highest BCUT2D eigenvalue weighted by Crippen LogP contribution is 2.21. The van der Waals surface area contributed by atoms with Crippen LogP contribution in [0.3, 0.4) is 0 Å². The lowest BCUT2D eigenvalue weighted by atomic mass is 10.1. The molecule has 0 aliphatic carbocycles. The smallest absolute Gasteiger partial charge is 0.206 e. The molecule has 1 aromatic carbocycles. The van der Waals surface area contributed by atoms with Gasteiger partial charge in [-0.2, -0.15) is 5.10 Å². The number of nitrogens with zero attached hydrogens (tertiary/aromatic N) is 4. The Hall–Kier alpha value is -2.14. The first kappa shape index (κ1) is 13.8. The fourth-order valence-corrected chi connectivity index (χ4v) is 2.44. The van der Waals surface area contributed by atoms with Crippen molar-refractivity contribution in [2.24, 2.45) is 0 Å². The Kier molecular flexibility index (Phi) is 3.51. The molecule has 2 aromatic heterocycles. The molecule has 2 heterocycles. The van der Waals surface area contributed by atoms with Gasteiger partial charge in [-0.05, 0) is 23.3 Å². The molecular formula is C16H20N5+. The van der Waals surface area contributed by atoms with Crippen molar-refractivity contribution in [2.45, 2.75) is 13.0 Å². The second-order valence-electron chi connectivity index (χ2n) is 6.04. The quantitative estimate of drug-likeness (QED) is 0.728. The van der Waals surface area contributed by atoms with E-state index in [-0.39, 0.29) is 0 Å². The van der Waals surface area contributed by atoms with Crippen LogP contribution in [0.5, 0.6) is 0 Å². The number of rotatable bonds is 5. The van der Waals surface area contributed by atoms with E-state index >= 15 is 0 Å². The van der Waals surface area contributed by atoms with Gasteiger partial charge < -0.3 is 9.47 Å². The number of quaternary nitrogens is 1. The van der Waals surface area contributed by atoms with Gasteiger partial charge in [0.25, 0.3) is 0 Å². The molecular weight excluding hydrogens is 262 g/mol. The fourth-order valence-electron chi connectivity index (χ4n) is 2.44. The number of fused-ring (bicyclic) bond motifs is 1. The highest BCUT2D eigenvalue weighted by atomic mass is 15.3. The van der Waals surface area contributed by atoms with Gasteiger partial charge in [0.1, 0.15) is 12.7 Å². The number of likely N-dealkylation sites (N-methyl/N-ethyl adjacent to an activating group) is 1. The highest BCUT2D eigenvalue weighted by molar-refractivity contribution is 5.83. The van der Waals surface area contributed by atoms with E-state index in [1.807, 2.05) is 18.8 Å². The third-order valence-electron chi connectivity index (χ3n) is 3.60. The maximum Gasteiger partial charge on any atom is 0.206 e. The monoisotopic (exact) mass is 282 g/mol. The number of aromatic nitrogens is 4. The molecule has 5 heteroatoms. The van der Waals surface area contributed by atoms with Crippen molar-refractivity contribution >= 4 is 10.9 Å². The Morgan fingerprint density at radius 3 is 2.90 bits per heavy atom. The summed E-state index contributed by atoms with van der Waals surface area (Å²) in [6, 6.07) is 6.46. The summed E-state index contributed by atoms with van der Waals surface area (Å²) in [5.41, 5.74) is 3.69. The van der Waals surface area contributed by atoms with Crippen molar-refractivity contribution in [3.8, 4) is 0 Å². The van der Waals surface area contributed by atoms with Gasteiger partial charge >= 0.3 is 0 Å². The molecule has 3 rings (SSSR count). The average Bonchev–Trinajstić information content (AvgIpc) is 3.05. The second kappa shape index (κ2) is 5.33. The minimum atomic E-state index is 0.478. The number of benzene rings is 1. The molecule has 21 heavy (non-hydrogen) atoms. The summed E-state index contributed by atoms with van der Waals surface area (Å²) < 4.78 is 2.30. The van der Waals surface area contributed by atoms with Gasteiger partial charge in [0.2, 0.25) is 7.05 Å². The Morgan fingerprint density at radius 1 is 1.33 bits per heavy atom. The van der Waals surface area contributed by atoms with Crippen molar-refractivity contribution < 1.29 is 4.48 Å². The van der Waals surface area contributed by atoms with E-state index in [9.17, 15) is 0 Å². The molecule has 0 aliphatic heterocycles. The van der Waals surface area contributed by atoms with Crippen molar-refractivity contribution in [3.63, 3.8) is 0 Å². The van der Waals surface area contributed by atoms with E-state index in [1.54, 1.807) is 12.7 Å². The zero-order chi connectivity index (χ0) is 14.9. The topological polar surface area (TPSA) is 46.5 Å². The second-order valence-corrected chi connectivity index (χ2v) is 6.04. The minimum absolute atomic E-state index is 0.478. The van der Waals surface area contributed by atoms with Gasteiger partial charge in [-0.1, -0.05) is 6.07 Å². The largest absolute Gasteiger partial charge is 0.361 e. The molecule has 3 aromatic rings. The van der Waals surface area contributed by atoms with Crippen LogP contribution in [-0.4, -0.2) is 44.9 Å². The van der Waals surface area contributed by atoms with E-state index in [0.717, 1.165) is 25.0 Å². The summed E-state index contributed by atoms with van der Waals surface area (Å²) in [4.78, 5) is 7.30. The molecule has 0 amide bonds. The van der Waals surface area contributed by atoms with Crippen LogP contribution in [-0.2, 0) is 13.0 Å². The first-order chi connectivity index (χ1) is 10.0. The lowest BCUT2D eigenvalue weighted by Gasteiger charge is -2.21. The van der Waals surface area contributed by atoms with Gasteiger partial charge in [0, 0.05) is 23.5 Å². The minimum Gasteiger partial charge on any atom is -0.361 e.